The summed E-state index contributed by atoms with van der Waals surface area (Å²) in [4.78, 5) is 29.0. The van der Waals surface area contributed by atoms with Gasteiger partial charge < -0.3 is 0 Å². The van der Waals surface area contributed by atoms with Crippen molar-refractivity contribution in [2.24, 2.45) is 9.98 Å². The van der Waals surface area contributed by atoms with Gasteiger partial charge in [-0.15, -0.1) is 0 Å². The highest BCUT2D eigenvalue weighted by Gasteiger charge is 2.10. The first-order valence-electron chi connectivity index (χ1n) is 7.06. The molecule has 0 N–H and O–H groups in total. The molecule has 8 heteroatoms. The summed E-state index contributed by atoms with van der Waals surface area (Å²) >= 11 is 0. The van der Waals surface area contributed by atoms with Crippen molar-refractivity contribution in [3.63, 3.8) is 0 Å². The Balaban J connectivity index is 1.94. The van der Waals surface area contributed by atoms with E-state index in [1.807, 2.05) is 0 Å². The summed E-state index contributed by atoms with van der Waals surface area (Å²) in [6.07, 6.45) is 2.86. The van der Waals surface area contributed by atoms with Crippen molar-refractivity contribution in [3.05, 3.63) is 79.9 Å². The highest BCUT2D eigenvalue weighted by atomic mass is 16.6. The molecular formula is C16H14N4O4. The molecule has 8 nitrogen and oxygen atoms in total. The van der Waals surface area contributed by atoms with Gasteiger partial charge in [-0.05, 0) is 12.1 Å². The lowest BCUT2D eigenvalue weighted by Crippen LogP contribution is -1.96. The molecular weight excluding hydrogens is 312 g/mol. The Morgan fingerprint density at radius 2 is 1.12 bits per heavy atom. The highest BCUT2D eigenvalue weighted by Crippen LogP contribution is 2.16. The summed E-state index contributed by atoms with van der Waals surface area (Å²) in [7, 11) is 0. The first-order valence-corrected chi connectivity index (χ1v) is 7.06. The third-order valence-electron chi connectivity index (χ3n) is 3.09. The summed E-state index contributed by atoms with van der Waals surface area (Å²) in [6.45, 7) is 0.645. The van der Waals surface area contributed by atoms with Crippen LogP contribution in [0.3, 0.4) is 0 Å². The maximum atomic E-state index is 10.9. The fourth-order valence-corrected chi connectivity index (χ4v) is 1.97. The number of aliphatic imine (C=N–C) groups is 2. The average Bonchev–Trinajstić information content (AvgIpc) is 2.58. The van der Waals surface area contributed by atoms with E-state index in [9.17, 15) is 20.2 Å². The third kappa shape index (κ3) is 4.54. The number of benzene rings is 2. The van der Waals surface area contributed by atoms with Crippen LogP contribution in [0.1, 0.15) is 11.1 Å². The topological polar surface area (TPSA) is 111 Å². The van der Waals surface area contributed by atoms with Crippen LogP contribution in [0.5, 0.6) is 0 Å². The molecule has 0 saturated carbocycles. The van der Waals surface area contributed by atoms with Crippen LogP contribution in [0.4, 0.5) is 11.4 Å². The quantitative estimate of drug-likeness (QED) is 0.337. The Kier molecular flexibility index (Phi) is 5.84. The minimum Gasteiger partial charge on any atom is -0.290 e. The third-order valence-corrected chi connectivity index (χ3v) is 3.09. The predicted molar refractivity (Wildman–Crippen MR) is 91.1 cm³/mol. The van der Waals surface area contributed by atoms with Gasteiger partial charge in [0.2, 0.25) is 0 Å². The maximum Gasteiger partial charge on any atom is 0.278 e. The van der Waals surface area contributed by atoms with Gasteiger partial charge in [0.25, 0.3) is 11.4 Å². The number of nitrogens with zero attached hydrogens (tertiary/aromatic N) is 4. The van der Waals surface area contributed by atoms with Crippen LogP contribution in [-0.2, 0) is 0 Å². The van der Waals surface area contributed by atoms with Crippen molar-refractivity contribution in [3.8, 4) is 0 Å². The van der Waals surface area contributed by atoms with Crippen LogP contribution in [0.15, 0.2) is 58.5 Å². The predicted octanol–water partition coefficient (Wildman–Crippen LogP) is 3.04. The fraction of sp³-hybridized carbons (Fsp3) is 0.125. The highest BCUT2D eigenvalue weighted by molar-refractivity contribution is 5.86. The van der Waals surface area contributed by atoms with Gasteiger partial charge in [0, 0.05) is 24.6 Å². The Morgan fingerprint density at radius 1 is 0.750 bits per heavy atom. The largest absolute Gasteiger partial charge is 0.290 e. The summed E-state index contributed by atoms with van der Waals surface area (Å²) in [6, 6.07) is 12.6. The molecule has 0 spiro atoms. The van der Waals surface area contributed by atoms with Gasteiger partial charge in [0.05, 0.1) is 34.1 Å². The van der Waals surface area contributed by atoms with Gasteiger partial charge in [-0.25, -0.2) is 0 Å². The van der Waals surface area contributed by atoms with Gasteiger partial charge >= 0.3 is 0 Å². The Labute approximate surface area is 137 Å². The van der Waals surface area contributed by atoms with Crippen molar-refractivity contribution in [1.29, 1.82) is 0 Å². The molecule has 0 atom stereocenters. The van der Waals surface area contributed by atoms with Crippen molar-refractivity contribution in [2.75, 3.05) is 13.1 Å². The normalized spacial score (nSPS) is 11.2. The lowest BCUT2D eigenvalue weighted by atomic mass is 10.2. The lowest BCUT2D eigenvalue weighted by molar-refractivity contribution is -0.385. The lowest BCUT2D eigenvalue weighted by Gasteiger charge is -1.96. The van der Waals surface area contributed by atoms with E-state index in [0.717, 1.165) is 0 Å². The molecule has 122 valence electrons. The van der Waals surface area contributed by atoms with E-state index in [0.29, 0.717) is 24.2 Å². The molecule has 24 heavy (non-hydrogen) atoms. The monoisotopic (exact) mass is 326 g/mol. The zero-order chi connectivity index (χ0) is 17.4. The van der Waals surface area contributed by atoms with E-state index < -0.39 is 9.85 Å². The van der Waals surface area contributed by atoms with E-state index in [4.69, 9.17) is 0 Å². The van der Waals surface area contributed by atoms with Gasteiger partial charge in [0.1, 0.15) is 0 Å². The van der Waals surface area contributed by atoms with Gasteiger partial charge in [-0.2, -0.15) is 0 Å². The number of hydrogen-bond acceptors (Lipinski definition) is 6. The zero-order valence-corrected chi connectivity index (χ0v) is 12.6. The first kappa shape index (κ1) is 16.9. The van der Waals surface area contributed by atoms with Crippen LogP contribution in [0, 0.1) is 20.2 Å². The molecule has 0 amide bonds. The van der Waals surface area contributed by atoms with Crippen molar-refractivity contribution in [1.82, 2.24) is 0 Å². The molecule has 0 heterocycles. The molecule has 0 aliphatic carbocycles. The second-order valence-electron chi connectivity index (χ2n) is 4.70. The van der Waals surface area contributed by atoms with Crippen LogP contribution in [0.25, 0.3) is 0 Å². The van der Waals surface area contributed by atoms with Crippen LogP contribution >= 0.6 is 0 Å². The molecule has 0 radical (unpaired) electrons. The van der Waals surface area contributed by atoms with E-state index in [-0.39, 0.29) is 11.4 Å². The fourth-order valence-electron chi connectivity index (χ4n) is 1.97. The molecule has 2 aromatic carbocycles. The van der Waals surface area contributed by atoms with Crippen LogP contribution in [0.2, 0.25) is 0 Å². The number of rotatable bonds is 7. The molecule has 0 aliphatic heterocycles. The Hall–Kier alpha value is -3.42. The van der Waals surface area contributed by atoms with Gasteiger partial charge in [-0.3, -0.25) is 30.2 Å². The number of para-hydroxylation sites is 2. The average molecular weight is 326 g/mol. The first-order chi connectivity index (χ1) is 11.6. The summed E-state index contributed by atoms with van der Waals surface area (Å²) in [5.74, 6) is 0. The summed E-state index contributed by atoms with van der Waals surface area (Å²) in [5, 5.41) is 21.7. The number of nitro groups is 2. The van der Waals surface area contributed by atoms with E-state index in [2.05, 4.69) is 9.98 Å². The SMILES string of the molecule is O=[N+]([O-])c1ccccc1/C=N\CC/N=C\c1ccccc1[N+](=O)[O-]. The van der Waals surface area contributed by atoms with Crippen molar-refractivity contribution < 1.29 is 9.85 Å². The zero-order valence-electron chi connectivity index (χ0n) is 12.6. The standard InChI is InChI=1S/C16H14N4O4/c21-19(22)15-7-3-1-5-13(15)11-17-9-10-18-12-14-6-2-4-8-16(14)20(23)24/h1-8,11-12H,9-10H2/b17-11-,18-12-. The number of hydrogen-bond donors (Lipinski definition) is 0. The smallest absolute Gasteiger partial charge is 0.278 e. The number of nitro benzene ring substituents is 2. The Bertz CT molecular complexity index is 735. The molecule has 0 unspecified atom stereocenters. The molecule has 2 rings (SSSR count). The second-order valence-corrected chi connectivity index (χ2v) is 4.70. The van der Waals surface area contributed by atoms with E-state index in [1.165, 1.54) is 24.6 Å². The van der Waals surface area contributed by atoms with Gasteiger partial charge in [0.15, 0.2) is 0 Å². The van der Waals surface area contributed by atoms with E-state index in [1.54, 1.807) is 36.4 Å². The molecule has 0 fully saturated rings. The minimum atomic E-state index is -0.464. The van der Waals surface area contributed by atoms with Crippen LogP contribution in [-0.4, -0.2) is 35.4 Å². The van der Waals surface area contributed by atoms with E-state index >= 15 is 0 Å². The van der Waals surface area contributed by atoms with Crippen molar-refractivity contribution >= 4 is 23.8 Å². The molecule has 0 saturated heterocycles. The second kappa shape index (κ2) is 8.28. The van der Waals surface area contributed by atoms with Crippen molar-refractivity contribution in [2.45, 2.75) is 0 Å². The molecule has 0 aromatic heterocycles. The summed E-state index contributed by atoms with van der Waals surface area (Å²) in [5.41, 5.74) is 0.824. The molecule has 0 bridgehead atoms. The Morgan fingerprint density at radius 3 is 1.50 bits per heavy atom. The minimum absolute atomic E-state index is 0.00957. The van der Waals surface area contributed by atoms with Crippen LogP contribution < -0.4 is 0 Å². The molecule has 2 aromatic rings. The van der Waals surface area contributed by atoms with Gasteiger partial charge in [-0.1, -0.05) is 24.3 Å². The summed E-state index contributed by atoms with van der Waals surface area (Å²) < 4.78 is 0. The maximum absolute atomic E-state index is 10.9. The molecule has 0 aliphatic rings.